The highest BCUT2D eigenvalue weighted by Gasteiger charge is 2.20. The molecular weight excluding hydrogens is 347 g/mol. The van der Waals surface area contributed by atoms with E-state index in [1.165, 1.54) is 4.68 Å². The fourth-order valence-electron chi connectivity index (χ4n) is 2.31. The zero-order chi connectivity index (χ0) is 17.3. The Morgan fingerprint density at radius 1 is 1.17 bits per heavy atom. The van der Waals surface area contributed by atoms with Crippen molar-refractivity contribution < 1.29 is 4.79 Å². The van der Waals surface area contributed by atoms with Crippen LogP contribution in [0.5, 0.6) is 0 Å². The van der Waals surface area contributed by atoms with Gasteiger partial charge in [0, 0.05) is 30.9 Å². The Morgan fingerprint density at radius 2 is 1.92 bits per heavy atom. The van der Waals surface area contributed by atoms with Gasteiger partial charge < -0.3 is 4.90 Å². The third-order valence-electron chi connectivity index (χ3n) is 3.37. The van der Waals surface area contributed by atoms with Gasteiger partial charge in [-0.2, -0.15) is 0 Å². The van der Waals surface area contributed by atoms with Crippen LogP contribution in [0.15, 0.2) is 48.7 Å². The van der Waals surface area contributed by atoms with Crippen LogP contribution in [0, 0.1) is 0 Å². The van der Waals surface area contributed by atoms with E-state index in [0.29, 0.717) is 26.8 Å². The average Bonchev–Trinajstić information content (AvgIpc) is 2.96. The third kappa shape index (κ3) is 3.13. The van der Waals surface area contributed by atoms with Gasteiger partial charge in [0.05, 0.1) is 10.5 Å². The Hall–Kier alpha value is -2.37. The summed E-state index contributed by atoms with van der Waals surface area (Å²) in [4.78, 5) is 14.8. The number of hydrogen-bond donors (Lipinski definition) is 0. The number of ketones is 1. The number of Topliss-reactive ketones (excluding diaryl/α,β-unsaturated/α-hetero) is 1. The lowest BCUT2D eigenvalue weighted by molar-refractivity contribution is 0.104. The highest BCUT2D eigenvalue weighted by atomic mass is 35.5. The second-order valence-electron chi connectivity index (χ2n) is 5.42. The van der Waals surface area contributed by atoms with Crippen molar-refractivity contribution in [2.75, 3.05) is 14.1 Å². The van der Waals surface area contributed by atoms with E-state index in [0.717, 1.165) is 5.52 Å². The molecule has 0 saturated carbocycles. The maximum Gasteiger partial charge on any atom is 0.214 e. The van der Waals surface area contributed by atoms with E-state index in [1.807, 2.05) is 38.4 Å². The maximum absolute atomic E-state index is 13.0. The molecule has 3 aromatic rings. The van der Waals surface area contributed by atoms with E-state index in [-0.39, 0.29) is 5.78 Å². The van der Waals surface area contributed by atoms with Crippen molar-refractivity contribution in [3.8, 4) is 0 Å². The molecule has 0 fully saturated rings. The van der Waals surface area contributed by atoms with Gasteiger partial charge in [-0.15, -0.1) is 5.10 Å². The van der Waals surface area contributed by atoms with Crippen molar-refractivity contribution in [1.82, 2.24) is 19.9 Å². The average molecular weight is 361 g/mol. The molecular formula is C17H14Cl2N4O. The van der Waals surface area contributed by atoms with Crippen molar-refractivity contribution >= 4 is 45.7 Å². The molecule has 122 valence electrons. The molecule has 0 spiro atoms. The summed E-state index contributed by atoms with van der Waals surface area (Å²) < 4.78 is 1.52. The van der Waals surface area contributed by atoms with Crippen LogP contribution in [0.1, 0.15) is 10.4 Å². The molecule has 0 unspecified atom stereocenters. The second kappa shape index (κ2) is 6.63. The zero-order valence-corrected chi connectivity index (χ0v) is 14.6. The van der Waals surface area contributed by atoms with Crippen molar-refractivity contribution in [3.63, 3.8) is 0 Å². The number of rotatable bonds is 4. The zero-order valence-electron chi connectivity index (χ0n) is 13.1. The van der Waals surface area contributed by atoms with Crippen molar-refractivity contribution in [3.05, 3.63) is 64.3 Å². The molecule has 3 rings (SSSR count). The van der Waals surface area contributed by atoms with Crippen molar-refractivity contribution in [2.24, 2.45) is 0 Å². The molecule has 1 heterocycles. The topological polar surface area (TPSA) is 51.0 Å². The number of benzene rings is 2. The minimum Gasteiger partial charge on any atom is -0.382 e. The Bertz CT molecular complexity index is 947. The normalized spacial score (nSPS) is 11.8. The number of hydrogen-bond acceptors (Lipinski definition) is 4. The number of carbonyl (C=O) groups excluding carboxylic acids is 1. The summed E-state index contributed by atoms with van der Waals surface area (Å²) in [7, 11) is 3.66. The summed E-state index contributed by atoms with van der Waals surface area (Å²) in [5.74, 6) is -0.263. The van der Waals surface area contributed by atoms with E-state index < -0.39 is 0 Å². The van der Waals surface area contributed by atoms with Gasteiger partial charge in [0.2, 0.25) is 5.78 Å². The second-order valence-corrected chi connectivity index (χ2v) is 6.26. The minimum atomic E-state index is -0.263. The molecule has 0 bridgehead atoms. The number of allylic oxidation sites excluding steroid dienone is 1. The van der Waals surface area contributed by atoms with Crippen LogP contribution in [-0.2, 0) is 0 Å². The first-order valence-corrected chi connectivity index (χ1v) is 7.92. The Labute approximate surface area is 149 Å². The largest absolute Gasteiger partial charge is 0.382 e. The van der Waals surface area contributed by atoms with E-state index in [2.05, 4.69) is 10.3 Å². The fraction of sp³-hybridized carbons (Fsp3) is 0.118. The lowest BCUT2D eigenvalue weighted by atomic mass is 10.1. The molecule has 0 atom stereocenters. The van der Waals surface area contributed by atoms with E-state index in [1.54, 1.807) is 29.3 Å². The lowest BCUT2D eigenvalue weighted by Crippen LogP contribution is -2.15. The SMILES string of the molecule is CN(C)C=C(C(=O)c1ccc(Cl)cc1Cl)n1nnc2ccccc21. The third-order valence-corrected chi connectivity index (χ3v) is 3.92. The molecule has 2 aromatic carbocycles. The highest BCUT2D eigenvalue weighted by molar-refractivity contribution is 6.39. The first-order chi connectivity index (χ1) is 11.5. The van der Waals surface area contributed by atoms with Crippen LogP contribution in [-0.4, -0.2) is 39.8 Å². The molecule has 0 radical (unpaired) electrons. The van der Waals surface area contributed by atoms with Gasteiger partial charge in [-0.1, -0.05) is 40.5 Å². The van der Waals surface area contributed by atoms with Crippen LogP contribution >= 0.6 is 23.2 Å². The van der Waals surface area contributed by atoms with Crippen LogP contribution in [0.2, 0.25) is 10.0 Å². The van der Waals surface area contributed by atoms with E-state index in [4.69, 9.17) is 23.2 Å². The lowest BCUT2D eigenvalue weighted by Gasteiger charge is -2.12. The predicted molar refractivity (Wildman–Crippen MR) is 96.3 cm³/mol. The molecule has 0 aliphatic rings. The summed E-state index contributed by atoms with van der Waals surface area (Å²) in [6.07, 6.45) is 1.69. The van der Waals surface area contributed by atoms with Crippen molar-refractivity contribution in [1.29, 1.82) is 0 Å². The molecule has 5 nitrogen and oxygen atoms in total. The summed E-state index contributed by atoms with van der Waals surface area (Å²) in [5, 5.41) is 9.00. The molecule has 0 aliphatic carbocycles. The van der Waals surface area contributed by atoms with E-state index in [9.17, 15) is 4.79 Å². The smallest absolute Gasteiger partial charge is 0.214 e. The van der Waals surface area contributed by atoms with Gasteiger partial charge in [0.1, 0.15) is 11.2 Å². The Kier molecular flexibility index (Phi) is 4.55. The Balaban J connectivity index is 2.16. The maximum atomic E-state index is 13.0. The first kappa shape index (κ1) is 16.5. The van der Waals surface area contributed by atoms with Crippen LogP contribution < -0.4 is 0 Å². The molecule has 0 N–H and O–H groups in total. The van der Waals surface area contributed by atoms with Gasteiger partial charge in [-0.25, -0.2) is 4.68 Å². The van der Waals surface area contributed by atoms with Crippen LogP contribution in [0.4, 0.5) is 0 Å². The summed E-state index contributed by atoms with van der Waals surface area (Å²) in [5.41, 5.74) is 2.15. The van der Waals surface area contributed by atoms with Gasteiger partial charge in [0.25, 0.3) is 0 Å². The number of para-hydroxylation sites is 1. The van der Waals surface area contributed by atoms with Gasteiger partial charge in [0.15, 0.2) is 0 Å². The van der Waals surface area contributed by atoms with Gasteiger partial charge >= 0.3 is 0 Å². The summed E-state index contributed by atoms with van der Waals surface area (Å²) >= 11 is 12.1. The quantitative estimate of drug-likeness (QED) is 0.521. The molecule has 1 aromatic heterocycles. The molecule has 24 heavy (non-hydrogen) atoms. The Morgan fingerprint density at radius 3 is 2.62 bits per heavy atom. The monoisotopic (exact) mass is 360 g/mol. The number of halogens is 2. The fourth-order valence-corrected chi connectivity index (χ4v) is 2.81. The predicted octanol–water partition coefficient (Wildman–Crippen LogP) is 3.98. The number of aromatic nitrogens is 3. The summed E-state index contributed by atoms with van der Waals surface area (Å²) in [6, 6.07) is 12.2. The number of nitrogens with zero attached hydrogens (tertiary/aromatic N) is 4. The summed E-state index contributed by atoms with van der Waals surface area (Å²) in [6.45, 7) is 0. The standard InChI is InChI=1S/C17H14Cl2N4O/c1-22(2)10-16(17(24)12-8-7-11(18)9-13(12)19)23-15-6-4-3-5-14(15)20-21-23/h3-10H,1-2H3. The van der Waals surface area contributed by atoms with Crippen LogP contribution in [0.3, 0.4) is 0 Å². The first-order valence-electron chi connectivity index (χ1n) is 7.16. The van der Waals surface area contributed by atoms with Gasteiger partial charge in [-0.3, -0.25) is 4.79 Å². The van der Waals surface area contributed by atoms with E-state index >= 15 is 0 Å². The minimum absolute atomic E-state index is 0.263. The van der Waals surface area contributed by atoms with Gasteiger partial charge in [-0.05, 0) is 30.3 Å². The van der Waals surface area contributed by atoms with Crippen LogP contribution in [0.25, 0.3) is 16.7 Å². The number of fused-ring (bicyclic) bond motifs is 1. The van der Waals surface area contributed by atoms with Crippen molar-refractivity contribution in [2.45, 2.75) is 0 Å². The molecule has 0 amide bonds. The molecule has 0 saturated heterocycles. The molecule has 0 aliphatic heterocycles. The highest BCUT2D eigenvalue weighted by Crippen LogP contribution is 2.26. The molecule has 7 heteroatoms. The number of carbonyl (C=O) groups is 1.